The highest BCUT2D eigenvalue weighted by Crippen LogP contribution is 2.42. The third-order valence-corrected chi connectivity index (χ3v) is 8.70. The summed E-state index contributed by atoms with van der Waals surface area (Å²) in [5.74, 6) is -0.767. The number of carbonyl (C=O) groups is 2. The Kier molecular flexibility index (Phi) is 5.57. The number of methoxy groups -OCH3 is 1. The maximum absolute atomic E-state index is 13.9. The van der Waals surface area contributed by atoms with Crippen molar-refractivity contribution in [2.45, 2.75) is 28.5 Å². The van der Waals surface area contributed by atoms with Crippen molar-refractivity contribution in [3.05, 3.63) is 77.6 Å². The van der Waals surface area contributed by atoms with Crippen molar-refractivity contribution in [2.24, 2.45) is 0 Å². The number of carbonyl (C=O) groups excluding carboxylic acids is 2. The van der Waals surface area contributed by atoms with E-state index in [1.807, 2.05) is 25.1 Å². The van der Waals surface area contributed by atoms with Gasteiger partial charge in [-0.25, -0.2) is 8.42 Å². The van der Waals surface area contributed by atoms with Gasteiger partial charge in [0.1, 0.15) is 16.3 Å². The number of anilines is 1. The monoisotopic (exact) mass is 495 g/mol. The molecule has 174 valence electrons. The van der Waals surface area contributed by atoms with Gasteiger partial charge in [-0.1, -0.05) is 25.1 Å². The molecule has 2 aliphatic rings. The van der Waals surface area contributed by atoms with Gasteiger partial charge in [-0.15, -0.1) is 11.8 Å². The molecule has 34 heavy (non-hydrogen) atoms. The summed E-state index contributed by atoms with van der Waals surface area (Å²) >= 11 is 1.63. The van der Waals surface area contributed by atoms with Crippen molar-refractivity contribution in [1.29, 1.82) is 0 Å². The lowest BCUT2D eigenvalue weighted by Crippen LogP contribution is -2.38. The van der Waals surface area contributed by atoms with Gasteiger partial charge in [-0.2, -0.15) is 0 Å². The highest BCUT2D eigenvalue weighted by molar-refractivity contribution is 8.00. The van der Waals surface area contributed by atoms with Crippen LogP contribution in [0.15, 0.2) is 70.6 Å². The van der Waals surface area contributed by atoms with Crippen LogP contribution in [0.5, 0.6) is 5.75 Å². The van der Waals surface area contributed by atoms with E-state index in [0.717, 1.165) is 9.80 Å². The van der Waals surface area contributed by atoms with Crippen molar-refractivity contribution < 1.29 is 22.7 Å². The van der Waals surface area contributed by atoms with E-state index >= 15 is 0 Å². The zero-order chi connectivity index (χ0) is 24.0. The van der Waals surface area contributed by atoms with Crippen LogP contribution in [0.1, 0.15) is 33.3 Å². The first-order chi connectivity index (χ1) is 16.3. The minimum Gasteiger partial charge on any atom is -0.495 e. The molecule has 0 spiro atoms. The van der Waals surface area contributed by atoms with E-state index in [0.29, 0.717) is 17.8 Å². The highest BCUT2D eigenvalue weighted by Gasteiger charge is 2.38. The van der Waals surface area contributed by atoms with Gasteiger partial charge in [0.15, 0.2) is 0 Å². The minimum absolute atomic E-state index is 0.0175. The molecular formula is C24H21N3O5S2. The molecule has 10 heteroatoms. The van der Waals surface area contributed by atoms with Crippen molar-refractivity contribution >= 4 is 39.3 Å². The molecule has 1 atom stereocenters. The predicted molar refractivity (Wildman–Crippen MR) is 128 cm³/mol. The van der Waals surface area contributed by atoms with Gasteiger partial charge >= 0.3 is 0 Å². The molecule has 0 N–H and O–H groups in total. The van der Waals surface area contributed by atoms with Crippen molar-refractivity contribution in [3.8, 4) is 5.75 Å². The topological polar surface area (TPSA) is 96.9 Å². The maximum Gasteiger partial charge on any atom is 0.280 e. The molecule has 0 bridgehead atoms. The summed E-state index contributed by atoms with van der Waals surface area (Å²) in [6.07, 6.45) is 1.46. The van der Waals surface area contributed by atoms with Crippen LogP contribution >= 0.6 is 11.8 Å². The van der Waals surface area contributed by atoms with E-state index in [2.05, 4.69) is 4.98 Å². The lowest BCUT2D eigenvalue weighted by atomic mass is 10.2. The third kappa shape index (κ3) is 3.63. The second kappa shape index (κ2) is 8.44. The van der Waals surface area contributed by atoms with E-state index < -0.39 is 21.8 Å². The second-order valence-electron chi connectivity index (χ2n) is 8.01. The van der Waals surface area contributed by atoms with Crippen molar-refractivity contribution in [2.75, 3.05) is 18.0 Å². The molecule has 1 aromatic heterocycles. The van der Waals surface area contributed by atoms with Gasteiger partial charge < -0.3 is 4.74 Å². The van der Waals surface area contributed by atoms with Crippen LogP contribution in [0, 0.1) is 0 Å². The Bertz CT molecular complexity index is 1390. The lowest BCUT2D eigenvalue weighted by molar-refractivity contribution is 0.0640. The quantitative estimate of drug-likeness (QED) is 0.499. The Hall–Kier alpha value is -3.37. The zero-order valence-electron chi connectivity index (χ0n) is 18.5. The molecule has 0 saturated heterocycles. The molecule has 0 aliphatic carbocycles. The number of rotatable bonds is 5. The first-order valence-corrected chi connectivity index (χ1v) is 12.9. The summed E-state index contributed by atoms with van der Waals surface area (Å²) in [6, 6.07) is 15.2. The standard InChI is InChI=1S/C24H21N3O5S2/c1-15-13-27(18-7-3-4-8-20(18)33-15)34(30,31)21-12-16(9-10-19(21)32-2)14-26-23(28)17-6-5-11-25-22(17)24(26)29/h3-12,15H,13-14H2,1-2H3/t15-/m0/s1. The van der Waals surface area contributed by atoms with E-state index in [9.17, 15) is 18.0 Å². The maximum atomic E-state index is 13.9. The number of imide groups is 1. The van der Waals surface area contributed by atoms with Gasteiger partial charge in [-0.3, -0.25) is 23.8 Å². The molecule has 3 aromatic rings. The smallest absolute Gasteiger partial charge is 0.280 e. The van der Waals surface area contributed by atoms with Crippen LogP contribution in [0.2, 0.25) is 0 Å². The zero-order valence-corrected chi connectivity index (χ0v) is 20.1. The fraction of sp³-hybridized carbons (Fsp3) is 0.208. The fourth-order valence-electron chi connectivity index (χ4n) is 4.16. The fourth-order valence-corrected chi connectivity index (χ4v) is 7.20. The summed E-state index contributed by atoms with van der Waals surface area (Å²) in [5, 5.41) is 0.0599. The average molecular weight is 496 g/mol. The number of sulfonamides is 1. The Balaban J connectivity index is 1.53. The number of benzene rings is 2. The van der Waals surface area contributed by atoms with Gasteiger partial charge in [-0.05, 0) is 42.0 Å². The first kappa shape index (κ1) is 22.4. The Morgan fingerprint density at radius 3 is 2.65 bits per heavy atom. The van der Waals surface area contributed by atoms with Crippen LogP contribution in [0.25, 0.3) is 0 Å². The SMILES string of the molecule is COc1ccc(CN2C(=O)c3cccnc3C2=O)cc1S(=O)(=O)N1C[C@H](C)Sc2ccccc21. The van der Waals surface area contributed by atoms with E-state index in [-0.39, 0.29) is 33.7 Å². The molecule has 0 saturated carbocycles. The van der Waals surface area contributed by atoms with E-state index in [1.165, 1.54) is 23.7 Å². The molecule has 0 unspecified atom stereocenters. The molecule has 3 heterocycles. The van der Waals surface area contributed by atoms with Gasteiger partial charge in [0.25, 0.3) is 21.8 Å². The van der Waals surface area contributed by atoms with Gasteiger partial charge in [0.05, 0.1) is 24.9 Å². The number of aromatic nitrogens is 1. The normalized spacial score (nSPS) is 17.5. The summed E-state index contributed by atoms with van der Waals surface area (Å²) < 4.78 is 34.5. The molecule has 8 nitrogen and oxygen atoms in total. The molecule has 0 fully saturated rings. The lowest BCUT2D eigenvalue weighted by Gasteiger charge is -2.33. The van der Waals surface area contributed by atoms with E-state index in [4.69, 9.17) is 4.74 Å². The number of hydrogen-bond acceptors (Lipinski definition) is 7. The van der Waals surface area contributed by atoms with Crippen LogP contribution in [-0.2, 0) is 16.6 Å². The van der Waals surface area contributed by atoms with Crippen LogP contribution < -0.4 is 9.04 Å². The third-order valence-electron chi connectivity index (χ3n) is 5.75. The second-order valence-corrected chi connectivity index (χ2v) is 11.3. The number of amides is 2. The summed E-state index contributed by atoms with van der Waals surface area (Å²) in [4.78, 5) is 31.4. The van der Waals surface area contributed by atoms with Crippen LogP contribution in [0.3, 0.4) is 0 Å². The summed E-state index contributed by atoms with van der Waals surface area (Å²) in [5.41, 5.74) is 1.45. The average Bonchev–Trinajstić information content (AvgIpc) is 3.08. The van der Waals surface area contributed by atoms with Gasteiger partial charge in [0, 0.05) is 22.9 Å². The molecule has 0 radical (unpaired) electrons. The number of para-hydroxylation sites is 1. The van der Waals surface area contributed by atoms with Gasteiger partial charge in [0.2, 0.25) is 0 Å². The highest BCUT2D eigenvalue weighted by atomic mass is 32.2. The van der Waals surface area contributed by atoms with Crippen molar-refractivity contribution in [3.63, 3.8) is 0 Å². The Morgan fingerprint density at radius 1 is 1.09 bits per heavy atom. The molecule has 2 aromatic carbocycles. The van der Waals surface area contributed by atoms with Crippen LogP contribution in [0.4, 0.5) is 5.69 Å². The number of ether oxygens (including phenoxy) is 1. The van der Waals surface area contributed by atoms with Crippen LogP contribution in [-0.4, -0.2) is 49.0 Å². The predicted octanol–water partition coefficient (Wildman–Crippen LogP) is 3.58. The Morgan fingerprint density at radius 2 is 1.88 bits per heavy atom. The Labute approximate surface area is 201 Å². The summed E-state index contributed by atoms with van der Waals surface area (Å²) in [6.45, 7) is 2.21. The minimum atomic E-state index is -3.99. The number of nitrogens with zero attached hydrogens (tertiary/aromatic N) is 3. The number of thioether (sulfide) groups is 1. The van der Waals surface area contributed by atoms with E-state index in [1.54, 1.807) is 42.1 Å². The number of pyridine rings is 1. The molecule has 2 aliphatic heterocycles. The molecule has 5 rings (SSSR count). The largest absolute Gasteiger partial charge is 0.495 e. The first-order valence-electron chi connectivity index (χ1n) is 10.6. The molecule has 2 amide bonds. The number of hydrogen-bond donors (Lipinski definition) is 0. The number of fused-ring (bicyclic) bond motifs is 2. The van der Waals surface area contributed by atoms with Crippen molar-refractivity contribution in [1.82, 2.24) is 9.88 Å². The summed E-state index contributed by atoms with van der Waals surface area (Å²) in [7, 11) is -2.58. The molecular weight excluding hydrogens is 474 g/mol.